The summed E-state index contributed by atoms with van der Waals surface area (Å²) in [5.41, 5.74) is 3.65. The van der Waals surface area contributed by atoms with Crippen molar-refractivity contribution in [3.8, 4) is 6.07 Å². The lowest BCUT2D eigenvalue weighted by Gasteiger charge is -2.24. The molecule has 1 saturated heterocycles. The maximum atomic E-state index is 13.8. The molecule has 26 heavy (non-hydrogen) atoms. The number of fused-ring (bicyclic) bond motifs is 1. The Labute approximate surface area is 149 Å². The zero-order valence-corrected chi connectivity index (χ0v) is 14.1. The van der Waals surface area contributed by atoms with Gasteiger partial charge in [0.1, 0.15) is 22.8 Å². The van der Waals surface area contributed by atoms with Gasteiger partial charge in [-0.1, -0.05) is 11.6 Å². The van der Waals surface area contributed by atoms with Crippen LogP contribution in [0.15, 0.2) is 0 Å². The third-order valence-corrected chi connectivity index (χ3v) is 4.88. The summed E-state index contributed by atoms with van der Waals surface area (Å²) in [4.78, 5) is 7.81. The monoisotopic (exact) mass is 393 g/mol. The number of aromatic nitrogens is 2. The summed E-state index contributed by atoms with van der Waals surface area (Å²) in [5.74, 6) is -1.62. The molecule has 1 aliphatic rings. The van der Waals surface area contributed by atoms with Gasteiger partial charge in [0.05, 0.1) is 22.1 Å². The molecule has 0 bridgehead atoms. The SMILES string of the molecule is Cc1[nH]c2c(N3CCC(C(F)(F)F)C3)c(C#N)c(C(N)(F)F)nc2c1Cl. The smallest absolute Gasteiger partial charge is 0.368 e. The van der Waals surface area contributed by atoms with E-state index in [0.29, 0.717) is 5.69 Å². The van der Waals surface area contributed by atoms with Crippen molar-refractivity contribution in [3.63, 3.8) is 0 Å². The van der Waals surface area contributed by atoms with Gasteiger partial charge in [0.2, 0.25) is 0 Å². The number of anilines is 1. The number of rotatable bonds is 2. The topological polar surface area (TPSA) is 81.7 Å². The molecule has 3 N–H and O–H groups in total. The van der Waals surface area contributed by atoms with Crippen LogP contribution >= 0.6 is 11.6 Å². The molecule has 0 aliphatic carbocycles. The van der Waals surface area contributed by atoms with E-state index in [0.717, 1.165) is 0 Å². The largest absolute Gasteiger partial charge is 0.393 e. The zero-order chi connectivity index (χ0) is 19.4. The van der Waals surface area contributed by atoms with Gasteiger partial charge in [0.25, 0.3) is 0 Å². The second-order valence-electron chi connectivity index (χ2n) is 6.18. The molecule has 3 heterocycles. The Kier molecular flexibility index (Phi) is 4.28. The molecule has 0 spiro atoms. The van der Waals surface area contributed by atoms with Gasteiger partial charge in [-0.05, 0) is 13.3 Å². The van der Waals surface area contributed by atoms with E-state index >= 15 is 0 Å². The molecule has 11 heteroatoms. The molecule has 0 amide bonds. The number of pyridine rings is 1. The number of halogens is 6. The first-order chi connectivity index (χ1) is 11.9. The quantitative estimate of drug-likeness (QED) is 0.600. The fourth-order valence-electron chi connectivity index (χ4n) is 3.16. The molecule has 0 aromatic carbocycles. The minimum Gasteiger partial charge on any atom is -0.368 e. The summed E-state index contributed by atoms with van der Waals surface area (Å²) in [5, 5.41) is 9.45. The normalized spacial score (nSPS) is 18.6. The number of nitrogens with zero attached hydrogens (tertiary/aromatic N) is 3. The number of H-pyrrole nitrogens is 1. The second-order valence-corrected chi connectivity index (χ2v) is 6.56. The molecule has 0 saturated carbocycles. The first-order valence-electron chi connectivity index (χ1n) is 7.55. The summed E-state index contributed by atoms with van der Waals surface area (Å²) < 4.78 is 66.7. The zero-order valence-electron chi connectivity index (χ0n) is 13.4. The number of nitrogens with one attached hydrogen (secondary N) is 1. The average molecular weight is 394 g/mol. The number of hydrogen-bond donors (Lipinski definition) is 2. The van der Waals surface area contributed by atoms with Gasteiger partial charge < -0.3 is 9.88 Å². The minimum atomic E-state index is -4.42. The van der Waals surface area contributed by atoms with Crippen molar-refractivity contribution in [1.82, 2.24) is 9.97 Å². The lowest BCUT2D eigenvalue weighted by Crippen LogP contribution is -2.31. The van der Waals surface area contributed by atoms with Crippen LogP contribution in [-0.4, -0.2) is 29.2 Å². The fourth-order valence-corrected chi connectivity index (χ4v) is 3.35. The highest BCUT2D eigenvalue weighted by atomic mass is 35.5. The van der Waals surface area contributed by atoms with Crippen molar-refractivity contribution < 1.29 is 22.0 Å². The van der Waals surface area contributed by atoms with Gasteiger partial charge in [-0.3, -0.25) is 5.73 Å². The van der Waals surface area contributed by atoms with Crippen LogP contribution in [0.3, 0.4) is 0 Å². The molecular weight excluding hydrogens is 381 g/mol. The summed E-state index contributed by atoms with van der Waals surface area (Å²) in [6.45, 7) is 1.05. The van der Waals surface area contributed by atoms with Crippen molar-refractivity contribution in [2.75, 3.05) is 18.0 Å². The van der Waals surface area contributed by atoms with Crippen molar-refractivity contribution in [3.05, 3.63) is 22.0 Å². The molecule has 1 atom stereocenters. The second kappa shape index (κ2) is 5.96. The predicted octanol–water partition coefficient (Wildman–Crippen LogP) is 3.79. The first-order valence-corrected chi connectivity index (χ1v) is 7.93. The van der Waals surface area contributed by atoms with Gasteiger partial charge >= 0.3 is 12.2 Å². The first kappa shape index (κ1) is 18.7. The fraction of sp³-hybridized carbons (Fsp3) is 0.467. The number of aromatic amines is 1. The summed E-state index contributed by atoms with van der Waals surface area (Å²) in [6, 6.07) is -2.34. The lowest BCUT2D eigenvalue weighted by atomic mass is 10.1. The van der Waals surface area contributed by atoms with Crippen LogP contribution in [0.1, 0.15) is 23.4 Å². The number of hydrogen-bond acceptors (Lipinski definition) is 4. The summed E-state index contributed by atoms with van der Waals surface area (Å²) in [6.07, 6.45) is -4.63. The Bertz CT molecular complexity index is 908. The molecule has 5 nitrogen and oxygen atoms in total. The minimum absolute atomic E-state index is 0.0443. The van der Waals surface area contributed by atoms with Gasteiger partial charge in [0, 0.05) is 18.8 Å². The maximum Gasteiger partial charge on any atom is 0.393 e. The maximum absolute atomic E-state index is 13.8. The van der Waals surface area contributed by atoms with Crippen LogP contribution in [0.4, 0.5) is 27.6 Å². The van der Waals surface area contributed by atoms with Gasteiger partial charge in [-0.2, -0.15) is 27.2 Å². The van der Waals surface area contributed by atoms with Crippen LogP contribution in [-0.2, 0) is 6.05 Å². The van der Waals surface area contributed by atoms with Crippen molar-refractivity contribution >= 4 is 28.3 Å². The van der Waals surface area contributed by atoms with E-state index < -0.39 is 35.9 Å². The van der Waals surface area contributed by atoms with E-state index in [1.165, 1.54) is 4.90 Å². The summed E-state index contributed by atoms with van der Waals surface area (Å²) in [7, 11) is 0. The number of nitrogens with two attached hydrogens (primary N) is 1. The molecule has 1 unspecified atom stereocenters. The van der Waals surface area contributed by atoms with Crippen LogP contribution in [0, 0.1) is 24.2 Å². The van der Waals surface area contributed by atoms with Gasteiger partial charge in [-0.15, -0.1) is 0 Å². The highest BCUT2D eigenvalue weighted by molar-refractivity contribution is 6.36. The summed E-state index contributed by atoms with van der Waals surface area (Å²) >= 11 is 6.08. The molecule has 2 aromatic rings. The van der Waals surface area contributed by atoms with E-state index in [9.17, 15) is 27.2 Å². The lowest BCUT2D eigenvalue weighted by molar-refractivity contribution is -0.168. The van der Waals surface area contributed by atoms with Crippen LogP contribution in [0.25, 0.3) is 11.0 Å². The van der Waals surface area contributed by atoms with E-state index in [-0.39, 0.29) is 34.7 Å². The molecule has 0 radical (unpaired) electrons. The number of alkyl halides is 5. The van der Waals surface area contributed by atoms with Crippen molar-refractivity contribution in [2.45, 2.75) is 25.6 Å². The van der Waals surface area contributed by atoms with E-state index in [4.69, 9.17) is 17.3 Å². The van der Waals surface area contributed by atoms with Crippen LogP contribution in [0.5, 0.6) is 0 Å². The van der Waals surface area contributed by atoms with E-state index in [1.807, 2.05) is 0 Å². The number of aryl methyl sites for hydroxylation is 1. The third kappa shape index (κ3) is 2.95. The Morgan fingerprint density at radius 2 is 2.00 bits per heavy atom. The van der Waals surface area contributed by atoms with Crippen LogP contribution < -0.4 is 10.6 Å². The average Bonchev–Trinajstić information content (AvgIpc) is 3.11. The molecule has 2 aromatic heterocycles. The van der Waals surface area contributed by atoms with Crippen LogP contribution in [0.2, 0.25) is 5.02 Å². The molecule has 1 aliphatic heterocycles. The number of nitriles is 1. The van der Waals surface area contributed by atoms with Crippen molar-refractivity contribution in [2.24, 2.45) is 11.7 Å². The van der Waals surface area contributed by atoms with Gasteiger partial charge in [0.15, 0.2) is 0 Å². The highest BCUT2D eigenvalue weighted by Crippen LogP contribution is 2.42. The van der Waals surface area contributed by atoms with E-state index in [2.05, 4.69) is 9.97 Å². The highest BCUT2D eigenvalue weighted by Gasteiger charge is 2.45. The van der Waals surface area contributed by atoms with Crippen molar-refractivity contribution in [1.29, 1.82) is 5.26 Å². The Hall–Kier alpha value is -2.12. The third-order valence-electron chi connectivity index (χ3n) is 4.42. The molecule has 3 rings (SSSR count). The molecule has 1 fully saturated rings. The standard InChI is InChI=1S/C15H13ClF5N5/c1-6-9(16)10-11(24-6)12(8(4-22)13(25-10)15(20,21)23)26-3-2-7(5-26)14(17,18)19/h7,24H,2-3,5,23H2,1H3. The Morgan fingerprint density at radius 3 is 2.50 bits per heavy atom. The predicted molar refractivity (Wildman–Crippen MR) is 85.0 cm³/mol. The van der Waals surface area contributed by atoms with E-state index in [1.54, 1.807) is 13.0 Å². The molecule has 140 valence electrons. The van der Waals surface area contributed by atoms with Gasteiger partial charge in [-0.25, -0.2) is 4.98 Å². The Morgan fingerprint density at radius 1 is 1.35 bits per heavy atom. The molecular formula is C15H13ClF5N5. The Balaban J connectivity index is 2.27.